The van der Waals surface area contributed by atoms with E-state index in [1.807, 2.05) is 23.1 Å². The first kappa shape index (κ1) is 15.9. The van der Waals surface area contributed by atoms with E-state index in [0.717, 1.165) is 32.0 Å². The molecule has 2 aliphatic heterocycles. The molecule has 0 unspecified atom stereocenters. The van der Waals surface area contributed by atoms with Crippen molar-refractivity contribution in [3.05, 3.63) is 29.8 Å². The number of likely N-dealkylation sites (tertiary alicyclic amines) is 1. The largest absolute Gasteiger partial charge is 0.497 e. The highest BCUT2D eigenvalue weighted by Crippen LogP contribution is 2.34. The van der Waals surface area contributed by atoms with E-state index in [1.165, 1.54) is 12.8 Å². The van der Waals surface area contributed by atoms with Crippen LogP contribution in [0.5, 0.6) is 5.75 Å². The Bertz CT molecular complexity index is 601. The molecule has 5 nitrogen and oxygen atoms in total. The Hall–Kier alpha value is -1.59. The molecule has 3 atom stereocenters. The van der Waals surface area contributed by atoms with Crippen LogP contribution in [-0.4, -0.2) is 55.9 Å². The smallest absolute Gasteiger partial charge is 0.254 e. The van der Waals surface area contributed by atoms with E-state index < -0.39 is 0 Å². The molecule has 1 amide bonds. The third-order valence-electron chi connectivity index (χ3n) is 5.30. The second-order valence-electron chi connectivity index (χ2n) is 7.05. The van der Waals surface area contributed by atoms with Gasteiger partial charge in [0.05, 0.1) is 19.7 Å². The van der Waals surface area contributed by atoms with Crippen LogP contribution in [0.15, 0.2) is 24.3 Å². The van der Waals surface area contributed by atoms with Crippen molar-refractivity contribution >= 4 is 5.91 Å². The maximum Gasteiger partial charge on any atom is 0.254 e. The van der Waals surface area contributed by atoms with Crippen molar-refractivity contribution in [1.82, 2.24) is 4.90 Å². The molecule has 0 aromatic heterocycles. The lowest BCUT2D eigenvalue weighted by molar-refractivity contribution is -0.0781. The van der Waals surface area contributed by atoms with Crippen LogP contribution in [0.1, 0.15) is 36.0 Å². The SMILES string of the molecule is COc1cccc(C(=O)N2C[C@@H](OCC3CC3)[C@@H]3OCCC[C@@H]32)c1. The molecule has 3 aliphatic rings. The highest BCUT2D eigenvalue weighted by Gasteiger charge is 2.47. The van der Waals surface area contributed by atoms with Gasteiger partial charge in [-0.1, -0.05) is 6.07 Å². The molecule has 130 valence electrons. The predicted molar refractivity (Wildman–Crippen MR) is 89.3 cm³/mol. The summed E-state index contributed by atoms with van der Waals surface area (Å²) in [4.78, 5) is 15.0. The number of methoxy groups -OCH3 is 1. The summed E-state index contributed by atoms with van der Waals surface area (Å²) in [5, 5.41) is 0. The first-order valence-electron chi connectivity index (χ1n) is 8.94. The van der Waals surface area contributed by atoms with Gasteiger partial charge in [-0.3, -0.25) is 4.79 Å². The number of benzene rings is 1. The van der Waals surface area contributed by atoms with E-state index in [1.54, 1.807) is 13.2 Å². The summed E-state index contributed by atoms with van der Waals surface area (Å²) < 4.78 is 17.3. The Morgan fingerprint density at radius 1 is 1.33 bits per heavy atom. The first-order chi connectivity index (χ1) is 11.8. The minimum absolute atomic E-state index is 0.00505. The van der Waals surface area contributed by atoms with E-state index in [0.29, 0.717) is 17.9 Å². The molecule has 1 aliphatic carbocycles. The molecule has 2 heterocycles. The van der Waals surface area contributed by atoms with Crippen LogP contribution in [0.2, 0.25) is 0 Å². The molecule has 4 rings (SSSR count). The Labute approximate surface area is 142 Å². The fourth-order valence-corrected chi connectivity index (χ4v) is 3.76. The van der Waals surface area contributed by atoms with Gasteiger partial charge in [0.1, 0.15) is 18.0 Å². The summed E-state index contributed by atoms with van der Waals surface area (Å²) in [5.41, 5.74) is 0.668. The summed E-state index contributed by atoms with van der Waals surface area (Å²) in [5.74, 6) is 1.47. The fourth-order valence-electron chi connectivity index (χ4n) is 3.76. The van der Waals surface area contributed by atoms with E-state index in [-0.39, 0.29) is 24.2 Å². The molecule has 1 saturated carbocycles. The van der Waals surface area contributed by atoms with Crippen LogP contribution in [0, 0.1) is 5.92 Å². The molecule has 5 heteroatoms. The van der Waals surface area contributed by atoms with Crippen molar-refractivity contribution in [2.75, 3.05) is 26.9 Å². The van der Waals surface area contributed by atoms with Crippen molar-refractivity contribution in [2.24, 2.45) is 5.92 Å². The van der Waals surface area contributed by atoms with Crippen LogP contribution in [0.4, 0.5) is 0 Å². The summed E-state index contributed by atoms with van der Waals surface area (Å²) >= 11 is 0. The van der Waals surface area contributed by atoms with Crippen LogP contribution in [0.25, 0.3) is 0 Å². The average Bonchev–Trinajstić information content (AvgIpc) is 3.40. The van der Waals surface area contributed by atoms with Gasteiger partial charge in [0, 0.05) is 18.8 Å². The van der Waals surface area contributed by atoms with Gasteiger partial charge in [0.25, 0.3) is 5.91 Å². The van der Waals surface area contributed by atoms with Crippen molar-refractivity contribution < 1.29 is 19.0 Å². The summed E-state index contributed by atoms with van der Waals surface area (Å²) in [7, 11) is 1.62. The third-order valence-corrected chi connectivity index (χ3v) is 5.30. The monoisotopic (exact) mass is 331 g/mol. The van der Waals surface area contributed by atoms with Gasteiger partial charge < -0.3 is 19.1 Å². The molecule has 0 spiro atoms. The number of fused-ring (bicyclic) bond motifs is 1. The second-order valence-corrected chi connectivity index (χ2v) is 7.05. The zero-order valence-electron chi connectivity index (χ0n) is 14.1. The van der Waals surface area contributed by atoms with Gasteiger partial charge >= 0.3 is 0 Å². The molecule has 0 bridgehead atoms. The van der Waals surface area contributed by atoms with Crippen LogP contribution >= 0.6 is 0 Å². The maximum atomic E-state index is 13.0. The van der Waals surface area contributed by atoms with E-state index in [9.17, 15) is 4.79 Å². The molecule has 1 aromatic carbocycles. The molecule has 24 heavy (non-hydrogen) atoms. The standard InChI is InChI=1S/C19H25NO4/c1-22-15-5-2-4-14(10-15)19(21)20-11-17(24-12-13-7-8-13)18-16(20)6-3-9-23-18/h2,4-5,10,13,16-18H,3,6-9,11-12H2,1H3/t16-,17+,18+/m0/s1. The lowest BCUT2D eigenvalue weighted by Gasteiger charge is -2.32. The Morgan fingerprint density at radius 3 is 3.00 bits per heavy atom. The van der Waals surface area contributed by atoms with Gasteiger partial charge in [-0.2, -0.15) is 0 Å². The minimum Gasteiger partial charge on any atom is -0.497 e. The van der Waals surface area contributed by atoms with Gasteiger partial charge in [-0.05, 0) is 49.8 Å². The number of hydrogen-bond donors (Lipinski definition) is 0. The average molecular weight is 331 g/mol. The highest BCUT2D eigenvalue weighted by atomic mass is 16.5. The van der Waals surface area contributed by atoms with Gasteiger partial charge in [0.2, 0.25) is 0 Å². The number of carbonyl (C=O) groups excluding carboxylic acids is 1. The van der Waals surface area contributed by atoms with Crippen LogP contribution in [-0.2, 0) is 9.47 Å². The van der Waals surface area contributed by atoms with Gasteiger partial charge in [-0.15, -0.1) is 0 Å². The van der Waals surface area contributed by atoms with Gasteiger partial charge in [0.15, 0.2) is 0 Å². The third kappa shape index (κ3) is 3.15. The fraction of sp³-hybridized carbons (Fsp3) is 0.632. The van der Waals surface area contributed by atoms with Crippen molar-refractivity contribution in [1.29, 1.82) is 0 Å². The van der Waals surface area contributed by atoms with E-state index in [4.69, 9.17) is 14.2 Å². The summed E-state index contributed by atoms with van der Waals surface area (Å²) in [6, 6.07) is 7.50. The van der Waals surface area contributed by atoms with Crippen molar-refractivity contribution in [3.63, 3.8) is 0 Å². The number of ether oxygens (including phenoxy) is 3. The van der Waals surface area contributed by atoms with E-state index >= 15 is 0 Å². The second kappa shape index (κ2) is 6.73. The van der Waals surface area contributed by atoms with Crippen LogP contribution in [0.3, 0.4) is 0 Å². The zero-order chi connectivity index (χ0) is 16.5. The number of hydrogen-bond acceptors (Lipinski definition) is 4. The van der Waals surface area contributed by atoms with Gasteiger partial charge in [-0.25, -0.2) is 0 Å². The van der Waals surface area contributed by atoms with Crippen molar-refractivity contribution in [3.8, 4) is 5.75 Å². The van der Waals surface area contributed by atoms with Crippen molar-refractivity contribution in [2.45, 2.75) is 43.9 Å². The number of nitrogens with zero attached hydrogens (tertiary/aromatic N) is 1. The van der Waals surface area contributed by atoms with Crippen LogP contribution < -0.4 is 4.74 Å². The molecular weight excluding hydrogens is 306 g/mol. The lowest BCUT2D eigenvalue weighted by Crippen LogP contribution is -2.44. The summed E-state index contributed by atoms with van der Waals surface area (Å²) in [6.07, 6.45) is 4.56. The predicted octanol–water partition coefficient (Wildman–Crippen LogP) is 2.49. The molecule has 3 fully saturated rings. The molecule has 0 N–H and O–H groups in total. The zero-order valence-corrected chi connectivity index (χ0v) is 14.1. The highest BCUT2D eigenvalue weighted by molar-refractivity contribution is 5.95. The maximum absolute atomic E-state index is 13.0. The number of amides is 1. The summed E-state index contributed by atoms with van der Waals surface area (Å²) in [6.45, 7) is 2.20. The Balaban J connectivity index is 1.50. The topological polar surface area (TPSA) is 48.0 Å². The lowest BCUT2D eigenvalue weighted by atomic mass is 10.0. The molecule has 1 aromatic rings. The number of carbonyl (C=O) groups is 1. The molecular formula is C19H25NO4. The Kier molecular flexibility index (Phi) is 4.46. The normalized spacial score (nSPS) is 29.4. The Morgan fingerprint density at radius 2 is 2.21 bits per heavy atom. The quantitative estimate of drug-likeness (QED) is 0.832. The first-order valence-corrected chi connectivity index (χ1v) is 8.94. The molecule has 0 radical (unpaired) electrons. The molecule has 2 saturated heterocycles. The number of rotatable bonds is 5. The van der Waals surface area contributed by atoms with E-state index in [2.05, 4.69) is 0 Å². The minimum atomic E-state index is 0.00505.